The maximum absolute atomic E-state index is 12.4. The molecule has 0 bridgehead atoms. The quantitative estimate of drug-likeness (QED) is 0.896. The van der Waals surface area contributed by atoms with E-state index >= 15 is 0 Å². The number of carbonyl (C=O) groups is 1. The monoisotopic (exact) mass is 345 g/mol. The van der Waals surface area contributed by atoms with E-state index in [0.29, 0.717) is 5.56 Å². The Hall–Kier alpha value is -2.25. The van der Waals surface area contributed by atoms with Crippen molar-refractivity contribution >= 4 is 15.9 Å². The summed E-state index contributed by atoms with van der Waals surface area (Å²) in [5.74, 6) is -0.112. The molecule has 6 nitrogen and oxygen atoms in total. The summed E-state index contributed by atoms with van der Waals surface area (Å²) in [5.41, 5.74) is 1.22. The fourth-order valence-electron chi connectivity index (χ4n) is 2.66. The summed E-state index contributed by atoms with van der Waals surface area (Å²) in [4.78, 5) is 18.2. The van der Waals surface area contributed by atoms with E-state index in [1.807, 2.05) is 0 Å². The number of carbonyl (C=O) groups excluding carboxylic acids is 1. The predicted molar refractivity (Wildman–Crippen MR) is 89.8 cm³/mol. The number of hydrogen-bond donors (Lipinski definition) is 1. The van der Waals surface area contributed by atoms with Crippen molar-refractivity contribution in [3.63, 3.8) is 0 Å². The highest BCUT2D eigenvalue weighted by atomic mass is 32.2. The molecule has 0 atom stereocenters. The van der Waals surface area contributed by atoms with Gasteiger partial charge in [-0.05, 0) is 48.7 Å². The van der Waals surface area contributed by atoms with Crippen LogP contribution in [0.4, 0.5) is 0 Å². The zero-order valence-corrected chi connectivity index (χ0v) is 14.0. The average molecular weight is 345 g/mol. The molecule has 0 saturated carbocycles. The largest absolute Gasteiger partial charge is 0.339 e. The van der Waals surface area contributed by atoms with Crippen molar-refractivity contribution in [2.24, 2.45) is 0 Å². The molecule has 0 spiro atoms. The standard InChI is InChI=1S/C17H19N3O3S/c21-17(20-10-1-2-11-20)15-4-3-5-16(12-15)24(22,23)19-13-14-6-8-18-9-7-14/h3-9,12,19H,1-2,10-11,13H2. The first-order chi connectivity index (χ1) is 11.6. The number of likely N-dealkylation sites (tertiary alicyclic amines) is 1. The van der Waals surface area contributed by atoms with Gasteiger partial charge in [0.05, 0.1) is 4.90 Å². The van der Waals surface area contributed by atoms with Gasteiger partial charge in [-0.15, -0.1) is 0 Å². The Labute approximate surface area is 141 Å². The molecular formula is C17H19N3O3S. The van der Waals surface area contributed by atoms with Crippen LogP contribution in [0.5, 0.6) is 0 Å². The van der Waals surface area contributed by atoms with E-state index in [2.05, 4.69) is 9.71 Å². The number of nitrogens with zero attached hydrogens (tertiary/aromatic N) is 2. The van der Waals surface area contributed by atoms with Crippen LogP contribution in [-0.4, -0.2) is 37.3 Å². The Morgan fingerprint density at radius 1 is 1.12 bits per heavy atom. The molecule has 0 aliphatic carbocycles. The van der Waals surface area contributed by atoms with Gasteiger partial charge in [0, 0.05) is 37.6 Å². The Balaban J connectivity index is 1.75. The number of benzene rings is 1. The van der Waals surface area contributed by atoms with Crippen LogP contribution < -0.4 is 4.72 Å². The fraction of sp³-hybridized carbons (Fsp3) is 0.294. The molecule has 2 heterocycles. The predicted octanol–water partition coefficient (Wildman–Crippen LogP) is 1.80. The number of hydrogen-bond acceptors (Lipinski definition) is 4. The minimum atomic E-state index is -3.68. The molecule has 1 amide bonds. The molecule has 1 saturated heterocycles. The Bertz CT molecular complexity index is 816. The molecule has 0 radical (unpaired) electrons. The Morgan fingerprint density at radius 3 is 2.54 bits per heavy atom. The molecule has 1 aromatic heterocycles. The van der Waals surface area contributed by atoms with Gasteiger partial charge >= 0.3 is 0 Å². The molecule has 126 valence electrons. The van der Waals surface area contributed by atoms with Crippen LogP contribution in [0.2, 0.25) is 0 Å². The molecule has 1 fully saturated rings. The van der Waals surface area contributed by atoms with Crippen molar-refractivity contribution in [1.29, 1.82) is 0 Å². The van der Waals surface area contributed by atoms with Gasteiger partial charge in [-0.2, -0.15) is 0 Å². The molecular weight excluding hydrogens is 326 g/mol. The van der Waals surface area contributed by atoms with Crippen molar-refractivity contribution in [3.8, 4) is 0 Å². The van der Waals surface area contributed by atoms with Gasteiger partial charge in [0.1, 0.15) is 0 Å². The van der Waals surface area contributed by atoms with Crippen molar-refractivity contribution in [2.45, 2.75) is 24.3 Å². The Morgan fingerprint density at radius 2 is 1.83 bits per heavy atom. The highest BCUT2D eigenvalue weighted by Crippen LogP contribution is 2.16. The van der Waals surface area contributed by atoms with E-state index in [1.54, 1.807) is 41.6 Å². The van der Waals surface area contributed by atoms with Crippen LogP contribution in [-0.2, 0) is 16.6 Å². The molecule has 1 aromatic carbocycles. The van der Waals surface area contributed by atoms with E-state index in [1.165, 1.54) is 12.1 Å². The second-order valence-corrected chi connectivity index (χ2v) is 7.47. The topological polar surface area (TPSA) is 79.4 Å². The Kier molecular flexibility index (Phi) is 4.92. The highest BCUT2D eigenvalue weighted by Gasteiger charge is 2.21. The normalized spacial score (nSPS) is 14.8. The van der Waals surface area contributed by atoms with Gasteiger partial charge in [-0.25, -0.2) is 13.1 Å². The number of aromatic nitrogens is 1. The molecule has 24 heavy (non-hydrogen) atoms. The molecule has 3 rings (SSSR count). The van der Waals surface area contributed by atoms with Gasteiger partial charge in [0.2, 0.25) is 10.0 Å². The summed E-state index contributed by atoms with van der Waals surface area (Å²) in [7, 11) is -3.68. The van der Waals surface area contributed by atoms with Gasteiger partial charge in [0.15, 0.2) is 0 Å². The summed E-state index contributed by atoms with van der Waals surface area (Å²) >= 11 is 0. The molecule has 1 N–H and O–H groups in total. The first-order valence-electron chi connectivity index (χ1n) is 7.84. The van der Waals surface area contributed by atoms with Crippen LogP contribution in [0.3, 0.4) is 0 Å². The zero-order chi connectivity index (χ0) is 17.0. The van der Waals surface area contributed by atoms with Crippen LogP contribution in [0.15, 0.2) is 53.7 Å². The third-order valence-electron chi connectivity index (χ3n) is 4.00. The van der Waals surface area contributed by atoms with Crippen molar-refractivity contribution < 1.29 is 13.2 Å². The summed E-state index contributed by atoms with van der Waals surface area (Å²) in [6.45, 7) is 1.64. The summed E-state index contributed by atoms with van der Waals surface area (Å²) in [6.07, 6.45) is 5.21. The maximum Gasteiger partial charge on any atom is 0.253 e. The molecule has 1 aliphatic heterocycles. The van der Waals surface area contributed by atoms with Crippen molar-refractivity contribution in [1.82, 2.24) is 14.6 Å². The maximum atomic E-state index is 12.4. The first-order valence-corrected chi connectivity index (χ1v) is 9.32. The smallest absolute Gasteiger partial charge is 0.253 e. The van der Waals surface area contributed by atoms with Gasteiger partial charge in [0.25, 0.3) is 5.91 Å². The lowest BCUT2D eigenvalue weighted by atomic mass is 10.2. The van der Waals surface area contributed by atoms with Crippen LogP contribution in [0.25, 0.3) is 0 Å². The summed E-state index contributed by atoms with van der Waals surface area (Å²) in [6, 6.07) is 9.68. The lowest BCUT2D eigenvalue weighted by molar-refractivity contribution is 0.0792. The number of rotatable bonds is 5. The van der Waals surface area contributed by atoms with Crippen LogP contribution in [0, 0.1) is 0 Å². The van der Waals surface area contributed by atoms with E-state index in [9.17, 15) is 13.2 Å². The number of pyridine rings is 1. The van der Waals surface area contributed by atoms with Gasteiger partial charge < -0.3 is 4.90 Å². The second-order valence-electron chi connectivity index (χ2n) is 5.71. The number of sulfonamides is 1. The van der Waals surface area contributed by atoms with E-state index in [-0.39, 0.29) is 17.3 Å². The fourth-order valence-corrected chi connectivity index (χ4v) is 3.72. The molecule has 7 heteroatoms. The van der Waals surface area contributed by atoms with Gasteiger partial charge in [-0.3, -0.25) is 9.78 Å². The number of nitrogens with one attached hydrogen (secondary N) is 1. The lowest BCUT2D eigenvalue weighted by Crippen LogP contribution is -2.28. The summed E-state index contributed by atoms with van der Waals surface area (Å²) < 4.78 is 27.4. The van der Waals surface area contributed by atoms with E-state index in [0.717, 1.165) is 31.5 Å². The van der Waals surface area contributed by atoms with Gasteiger partial charge in [-0.1, -0.05) is 6.07 Å². The summed E-state index contributed by atoms with van der Waals surface area (Å²) in [5, 5.41) is 0. The molecule has 1 aliphatic rings. The lowest BCUT2D eigenvalue weighted by Gasteiger charge is -2.15. The SMILES string of the molecule is O=C(c1cccc(S(=O)(=O)NCc2ccncc2)c1)N1CCCC1. The van der Waals surface area contributed by atoms with Crippen LogP contribution in [0.1, 0.15) is 28.8 Å². The zero-order valence-electron chi connectivity index (χ0n) is 13.2. The minimum Gasteiger partial charge on any atom is -0.339 e. The minimum absolute atomic E-state index is 0.0987. The second kappa shape index (κ2) is 7.11. The van der Waals surface area contributed by atoms with Crippen molar-refractivity contribution in [2.75, 3.05) is 13.1 Å². The third-order valence-corrected chi connectivity index (χ3v) is 5.40. The third kappa shape index (κ3) is 3.80. The number of amides is 1. The van der Waals surface area contributed by atoms with E-state index in [4.69, 9.17) is 0 Å². The molecule has 0 unspecified atom stereocenters. The average Bonchev–Trinajstić information content (AvgIpc) is 3.15. The highest BCUT2D eigenvalue weighted by molar-refractivity contribution is 7.89. The van der Waals surface area contributed by atoms with Crippen molar-refractivity contribution in [3.05, 3.63) is 59.9 Å². The van der Waals surface area contributed by atoms with Crippen LogP contribution >= 0.6 is 0 Å². The molecule has 2 aromatic rings. The first kappa shape index (κ1) is 16.6. The van der Waals surface area contributed by atoms with E-state index < -0.39 is 10.0 Å².